The van der Waals surface area contributed by atoms with Crippen molar-refractivity contribution in [2.45, 2.75) is 38.1 Å². The second-order valence-corrected chi connectivity index (χ2v) is 6.01. The van der Waals surface area contributed by atoms with E-state index < -0.39 is 0 Å². The van der Waals surface area contributed by atoms with E-state index in [1.165, 1.54) is 19.0 Å². The van der Waals surface area contributed by atoms with Crippen LogP contribution < -0.4 is 5.32 Å². The molecule has 0 aromatic carbocycles. The van der Waals surface area contributed by atoms with Crippen molar-refractivity contribution in [3.8, 4) is 0 Å². The Labute approximate surface area is 123 Å². The van der Waals surface area contributed by atoms with Gasteiger partial charge in [-0.25, -0.2) is 4.98 Å². The molecule has 1 aromatic heterocycles. The lowest BCUT2D eigenvalue weighted by atomic mass is 10.1. The molecule has 1 saturated carbocycles. The first-order valence-corrected chi connectivity index (χ1v) is 7.63. The molecule has 1 atom stereocenters. The Kier molecular flexibility index (Phi) is 4.05. The van der Waals surface area contributed by atoms with Crippen LogP contribution in [0.2, 0.25) is 5.15 Å². The van der Waals surface area contributed by atoms with Crippen molar-refractivity contribution < 1.29 is 4.79 Å². The van der Waals surface area contributed by atoms with Crippen LogP contribution >= 0.6 is 11.6 Å². The predicted molar refractivity (Wildman–Crippen MR) is 77.6 cm³/mol. The number of rotatable bonds is 3. The second-order valence-electron chi connectivity index (χ2n) is 5.62. The van der Waals surface area contributed by atoms with Crippen LogP contribution in [0.3, 0.4) is 0 Å². The Morgan fingerprint density at radius 3 is 2.85 bits per heavy atom. The standard InChI is InChI=1S/C14H19ClN4O/c15-12-7-16-8-13(18-12)17-11-5-6-19(9-11)14(20)10-3-1-2-4-10/h7-8,10-11H,1-6,9H2,(H,17,18). The van der Waals surface area contributed by atoms with Gasteiger partial charge in [-0.2, -0.15) is 0 Å². The number of carbonyl (C=O) groups excluding carboxylic acids is 1. The highest BCUT2D eigenvalue weighted by atomic mass is 35.5. The molecule has 0 spiro atoms. The van der Waals surface area contributed by atoms with Crippen molar-refractivity contribution in [2.24, 2.45) is 5.92 Å². The number of halogens is 1. The first kappa shape index (κ1) is 13.6. The monoisotopic (exact) mass is 294 g/mol. The third-order valence-electron chi connectivity index (χ3n) is 4.16. The third kappa shape index (κ3) is 3.03. The number of nitrogens with zero attached hydrogens (tertiary/aromatic N) is 3. The summed E-state index contributed by atoms with van der Waals surface area (Å²) in [6.07, 6.45) is 8.64. The van der Waals surface area contributed by atoms with Gasteiger partial charge in [-0.05, 0) is 19.3 Å². The quantitative estimate of drug-likeness (QED) is 0.929. The maximum atomic E-state index is 12.3. The SMILES string of the molecule is O=C(C1CCCC1)N1CCC(Nc2cncc(Cl)n2)C1. The molecule has 5 nitrogen and oxygen atoms in total. The molecule has 1 aliphatic carbocycles. The summed E-state index contributed by atoms with van der Waals surface area (Å²) < 4.78 is 0. The smallest absolute Gasteiger partial charge is 0.225 e. The topological polar surface area (TPSA) is 58.1 Å². The normalized spacial score (nSPS) is 23.2. The van der Waals surface area contributed by atoms with E-state index in [0.717, 1.165) is 32.4 Å². The number of anilines is 1. The molecule has 2 aliphatic rings. The molecule has 108 valence electrons. The van der Waals surface area contributed by atoms with Gasteiger partial charge in [0.25, 0.3) is 0 Å². The zero-order valence-electron chi connectivity index (χ0n) is 11.4. The second kappa shape index (κ2) is 5.95. The molecule has 2 heterocycles. The zero-order chi connectivity index (χ0) is 13.9. The van der Waals surface area contributed by atoms with Crippen LogP contribution in [0.25, 0.3) is 0 Å². The lowest BCUT2D eigenvalue weighted by molar-refractivity contribution is -0.134. The fraction of sp³-hybridized carbons (Fsp3) is 0.643. The molecule has 2 fully saturated rings. The molecule has 0 radical (unpaired) electrons. The van der Waals surface area contributed by atoms with Gasteiger partial charge in [0.1, 0.15) is 11.0 Å². The average molecular weight is 295 g/mol. The van der Waals surface area contributed by atoms with E-state index in [4.69, 9.17) is 11.6 Å². The van der Waals surface area contributed by atoms with Crippen molar-refractivity contribution in [2.75, 3.05) is 18.4 Å². The molecule has 1 unspecified atom stereocenters. The maximum absolute atomic E-state index is 12.3. The predicted octanol–water partition coefficient (Wildman–Crippen LogP) is 2.33. The summed E-state index contributed by atoms with van der Waals surface area (Å²) in [5.74, 6) is 1.28. The number of hydrogen-bond donors (Lipinski definition) is 1. The van der Waals surface area contributed by atoms with Gasteiger partial charge in [-0.3, -0.25) is 9.78 Å². The van der Waals surface area contributed by atoms with Gasteiger partial charge in [0.2, 0.25) is 5.91 Å². The minimum absolute atomic E-state index is 0.244. The Hall–Kier alpha value is -1.36. The highest BCUT2D eigenvalue weighted by Gasteiger charge is 2.32. The summed E-state index contributed by atoms with van der Waals surface area (Å²) in [6.45, 7) is 1.59. The van der Waals surface area contributed by atoms with Crippen LogP contribution in [0.15, 0.2) is 12.4 Å². The number of hydrogen-bond acceptors (Lipinski definition) is 4. The van der Waals surface area contributed by atoms with Crippen molar-refractivity contribution in [3.05, 3.63) is 17.5 Å². The van der Waals surface area contributed by atoms with Crippen molar-refractivity contribution in [1.29, 1.82) is 0 Å². The number of nitrogens with one attached hydrogen (secondary N) is 1. The Balaban J connectivity index is 1.55. The summed E-state index contributed by atoms with van der Waals surface area (Å²) >= 11 is 5.82. The van der Waals surface area contributed by atoms with Crippen molar-refractivity contribution in [1.82, 2.24) is 14.9 Å². The third-order valence-corrected chi connectivity index (χ3v) is 4.34. The van der Waals surface area contributed by atoms with E-state index in [9.17, 15) is 4.79 Å². The molecule has 20 heavy (non-hydrogen) atoms. The zero-order valence-corrected chi connectivity index (χ0v) is 12.1. The summed E-state index contributed by atoms with van der Waals surface area (Å²) in [6, 6.07) is 0.244. The van der Waals surface area contributed by atoms with E-state index in [1.54, 1.807) is 6.20 Å². The first-order valence-electron chi connectivity index (χ1n) is 7.25. The molecule has 1 aliphatic heterocycles. The molecule has 1 amide bonds. The van der Waals surface area contributed by atoms with E-state index in [-0.39, 0.29) is 12.0 Å². The highest BCUT2D eigenvalue weighted by Crippen LogP contribution is 2.28. The van der Waals surface area contributed by atoms with Gasteiger partial charge in [-0.1, -0.05) is 24.4 Å². The fourth-order valence-corrected chi connectivity index (χ4v) is 3.28. The number of likely N-dealkylation sites (tertiary alicyclic amines) is 1. The van der Waals surface area contributed by atoms with Gasteiger partial charge in [0, 0.05) is 25.0 Å². The lowest BCUT2D eigenvalue weighted by Gasteiger charge is -2.20. The van der Waals surface area contributed by atoms with E-state index in [0.29, 0.717) is 16.9 Å². The largest absolute Gasteiger partial charge is 0.364 e. The number of carbonyl (C=O) groups is 1. The van der Waals surface area contributed by atoms with Crippen LogP contribution in [-0.4, -0.2) is 39.9 Å². The van der Waals surface area contributed by atoms with Crippen LogP contribution in [0.5, 0.6) is 0 Å². The Morgan fingerprint density at radius 1 is 1.30 bits per heavy atom. The lowest BCUT2D eigenvalue weighted by Crippen LogP contribution is -2.35. The minimum atomic E-state index is 0.244. The van der Waals surface area contributed by atoms with E-state index >= 15 is 0 Å². The molecule has 1 N–H and O–H groups in total. The molecule has 3 rings (SSSR count). The molecule has 1 aromatic rings. The van der Waals surface area contributed by atoms with Crippen LogP contribution in [-0.2, 0) is 4.79 Å². The number of aromatic nitrogens is 2. The maximum Gasteiger partial charge on any atom is 0.225 e. The molecular formula is C14H19ClN4O. The number of amides is 1. The summed E-state index contributed by atoms with van der Waals surface area (Å²) in [5, 5.41) is 3.69. The molecule has 0 bridgehead atoms. The van der Waals surface area contributed by atoms with Gasteiger partial charge < -0.3 is 10.2 Å². The highest BCUT2D eigenvalue weighted by molar-refractivity contribution is 6.29. The van der Waals surface area contributed by atoms with Gasteiger partial charge in [0.05, 0.1) is 12.4 Å². The first-order chi connectivity index (χ1) is 9.72. The Morgan fingerprint density at radius 2 is 2.10 bits per heavy atom. The molecule has 1 saturated heterocycles. The molecule has 6 heteroatoms. The van der Waals surface area contributed by atoms with E-state index in [1.807, 2.05) is 4.90 Å². The van der Waals surface area contributed by atoms with Gasteiger partial charge in [-0.15, -0.1) is 0 Å². The van der Waals surface area contributed by atoms with Crippen molar-refractivity contribution in [3.63, 3.8) is 0 Å². The van der Waals surface area contributed by atoms with Crippen molar-refractivity contribution >= 4 is 23.3 Å². The average Bonchev–Trinajstić information content (AvgIpc) is 3.09. The van der Waals surface area contributed by atoms with Crippen LogP contribution in [0, 0.1) is 5.92 Å². The minimum Gasteiger partial charge on any atom is -0.364 e. The Bertz CT molecular complexity index is 490. The van der Waals surface area contributed by atoms with Gasteiger partial charge in [0.15, 0.2) is 0 Å². The van der Waals surface area contributed by atoms with Crippen LogP contribution in [0.4, 0.5) is 5.82 Å². The van der Waals surface area contributed by atoms with Gasteiger partial charge >= 0.3 is 0 Å². The fourth-order valence-electron chi connectivity index (χ4n) is 3.13. The summed E-state index contributed by atoms with van der Waals surface area (Å²) in [5.41, 5.74) is 0. The summed E-state index contributed by atoms with van der Waals surface area (Å²) in [7, 11) is 0. The van der Waals surface area contributed by atoms with E-state index in [2.05, 4.69) is 15.3 Å². The molecular weight excluding hydrogens is 276 g/mol. The van der Waals surface area contributed by atoms with Crippen LogP contribution in [0.1, 0.15) is 32.1 Å². The summed E-state index contributed by atoms with van der Waals surface area (Å²) in [4.78, 5) is 22.5.